The molecule has 0 saturated heterocycles. The average molecular weight is 882 g/mol. The molecule has 1 aliphatic rings. The molecule has 0 aromatic carbocycles. The molecule has 350 valence electrons. The van der Waals surface area contributed by atoms with Crippen LogP contribution in [0.5, 0.6) is 0 Å². The average Bonchev–Trinajstić information content (AvgIpc) is 3.30. The molecule has 2 aromatic heterocycles. The highest BCUT2D eigenvalue weighted by Gasteiger charge is 2.16. The van der Waals surface area contributed by atoms with Crippen LogP contribution in [0.15, 0.2) is 52.9 Å². The number of hydrogen-bond donors (Lipinski definition) is 3. The summed E-state index contributed by atoms with van der Waals surface area (Å²) < 4.78 is 70.3. The zero-order valence-corrected chi connectivity index (χ0v) is 36.1. The molecule has 62 heavy (non-hydrogen) atoms. The van der Waals surface area contributed by atoms with Gasteiger partial charge in [0.25, 0.3) is 0 Å². The lowest BCUT2D eigenvalue weighted by Gasteiger charge is -2.16. The minimum atomic E-state index is -0.501. The van der Waals surface area contributed by atoms with Crippen molar-refractivity contribution in [2.45, 2.75) is 12.8 Å². The van der Waals surface area contributed by atoms with Crippen molar-refractivity contribution < 1.29 is 66.4 Å². The normalized spacial score (nSPS) is 12.4. The van der Waals surface area contributed by atoms with Crippen molar-refractivity contribution in [2.24, 2.45) is 10.2 Å². The molecule has 2 aromatic rings. The van der Waals surface area contributed by atoms with E-state index in [2.05, 4.69) is 36.3 Å². The minimum absolute atomic E-state index is 0.245. The maximum absolute atomic E-state index is 12.1. The van der Waals surface area contributed by atoms with Crippen LogP contribution in [0.4, 0.5) is 4.79 Å². The molecule has 0 bridgehead atoms. The van der Waals surface area contributed by atoms with E-state index in [1.165, 1.54) is 0 Å². The third-order valence-electron chi connectivity index (χ3n) is 8.06. The third kappa shape index (κ3) is 27.9. The van der Waals surface area contributed by atoms with Crippen LogP contribution in [-0.2, 0) is 68.0 Å². The number of aromatic nitrogens is 2. The highest BCUT2D eigenvalue weighted by Crippen LogP contribution is 2.11. The van der Waals surface area contributed by atoms with Gasteiger partial charge in [0.05, 0.1) is 159 Å². The Bertz CT molecular complexity index is 1430. The summed E-state index contributed by atoms with van der Waals surface area (Å²) in [5.74, 6) is 0.998. The molecule has 0 saturated carbocycles. The Kier molecular flexibility index (Phi) is 32.7. The quantitative estimate of drug-likeness (QED) is 0.0797. The summed E-state index contributed by atoms with van der Waals surface area (Å²) in [6, 6.07) is 9.35. The molecule has 0 fully saturated rings. The van der Waals surface area contributed by atoms with Crippen LogP contribution >= 0.6 is 0 Å². The first-order valence-electron chi connectivity index (χ1n) is 21.1. The van der Waals surface area contributed by atoms with Gasteiger partial charge in [-0.2, -0.15) is 10.2 Å². The van der Waals surface area contributed by atoms with Crippen LogP contribution in [-0.4, -0.2) is 200 Å². The van der Waals surface area contributed by atoms with Crippen molar-refractivity contribution in [1.29, 1.82) is 0 Å². The maximum Gasteiger partial charge on any atom is 0.407 e. The number of amides is 1. The standard InChI is InChI=1S/C41H67N7O14/c1-50-14-15-52-18-19-54-22-23-56-26-27-58-30-31-60-34-35-61-33-32-59-29-28-57-25-24-55-21-20-53-17-16-51-13-11-44-41(49)62-12-5-7-36-6-4-10-43-38(36)40-47-45-39(46-48-40)37-8-2-3-9-42-37/h2-4,6,8-10H,5,7,11-35H2,1H3,(H,44,49)(H,45,46)(H,47,48). The van der Waals surface area contributed by atoms with E-state index in [1.807, 2.05) is 30.3 Å². The lowest BCUT2D eigenvalue weighted by atomic mass is 10.1. The molecule has 3 N–H and O–H groups in total. The van der Waals surface area contributed by atoms with Crippen LogP contribution < -0.4 is 16.2 Å². The van der Waals surface area contributed by atoms with E-state index in [0.29, 0.717) is 194 Å². The van der Waals surface area contributed by atoms with Crippen LogP contribution in [0.25, 0.3) is 0 Å². The summed E-state index contributed by atoms with van der Waals surface area (Å²) in [6.07, 6.45) is 4.11. The SMILES string of the molecule is COCCOCCOCCOCCOCCOCCOCCOCCOCCOCCOCCOCCNC(=O)OCCCc1cccnc1C1=NNC(c2ccccn2)=NN1. The lowest BCUT2D eigenvalue weighted by molar-refractivity contribution is -0.0279. The minimum Gasteiger partial charge on any atom is -0.450 e. The highest BCUT2D eigenvalue weighted by atomic mass is 16.6. The number of nitrogens with zero attached hydrogens (tertiary/aromatic N) is 4. The number of carbonyl (C=O) groups excluding carboxylic acids is 1. The molecule has 0 radical (unpaired) electrons. The Morgan fingerprint density at radius 3 is 1.37 bits per heavy atom. The van der Waals surface area contributed by atoms with Crippen LogP contribution in [0.3, 0.4) is 0 Å². The van der Waals surface area contributed by atoms with Crippen LogP contribution in [0.1, 0.15) is 23.4 Å². The molecule has 3 rings (SSSR count). The van der Waals surface area contributed by atoms with Crippen molar-refractivity contribution in [3.63, 3.8) is 0 Å². The van der Waals surface area contributed by atoms with Gasteiger partial charge in [-0.15, -0.1) is 0 Å². The zero-order valence-electron chi connectivity index (χ0n) is 36.1. The number of alkyl carbamates (subject to hydrolysis) is 1. The maximum atomic E-state index is 12.1. The van der Waals surface area contributed by atoms with Gasteiger partial charge in [0.1, 0.15) is 11.4 Å². The van der Waals surface area contributed by atoms with Crippen molar-refractivity contribution >= 4 is 17.8 Å². The van der Waals surface area contributed by atoms with E-state index in [-0.39, 0.29) is 6.61 Å². The third-order valence-corrected chi connectivity index (χ3v) is 8.06. The fourth-order valence-electron chi connectivity index (χ4n) is 4.99. The van der Waals surface area contributed by atoms with E-state index in [1.54, 1.807) is 19.5 Å². The second kappa shape index (κ2) is 38.7. The molecule has 0 unspecified atom stereocenters. The van der Waals surface area contributed by atoms with Crippen molar-refractivity contribution in [2.75, 3.05) is 172 Å². The molecule has 3 heterocycles. The van der Waals surface area contributed by atoms with Gasteiger partial charge in [0.15, 0.2) is 11.7 Å². The predicted molar refractivity (Wildman–Crippen MR) is 226 cm³/mol. The number of carbonyl (C=O) groups is 1. The second-order valence-electron chi connectivity index (χ2n) is 12.8. The van der Waals surface area contributed by atoms with Crippen molar-refractivity contribution in [1.82, 2.24) is 26.1 Å². The molecular weight excluding hydrogens is 814 g/mol. The van der Waals surface area contributed by atoms with Crippen molar-refractivity contribution in [3.8, 4) is 0 Å². The van der Waals surface area contributed by atoms with Gasteiger partial charge >= 0.3 is 6.09 Å². The number of aryl methyl sites for hydroxylation is 1. The molecule has 1 amide bonds. The number of hydrazone groups is 2. The van der Waals surface area contributed by atoms with E-state index < -0.39 is 6.09 Å². The number of nitrogens with one attached hydrogen (secondary N) is 3. The largest absolute Gasteiger partial charge is 0.450 e. The van der Waals surface area contributed by atoms with Gasteiger partial charge in [-0.3, -0.25) is 20.8 Å². The number of ether oxygens (including phenoxy) is 13. The first kappa shape index (κ1) is 52.4. The highest BCUT2D eigenvalue weighted by molar-refractivity contribution is 6.04. The van der Waals surface area contributed by atoms with E-state index in [9.17, 15) is 4.79 Å². The number of rotatable bonds is 42. The molecule has 0 atom stereocenters. The fraction of sp³-hybridized carbons (Fsp3) is 0.683. The number of pyridine rings is 2. The number of methoxy groups -OCH3 is 1. The zero-order chi connectivity index (χ0) is 43.6. The molecule has 0 aliphatic carbocycles. The topological polar surface area (TPSA) is 224 Å². The Morgan fingerprint density at radius 2 is 0.935 bits per heavy atom. The van der Waals surface area contributed by atoms with Gasteiger partial charge < -0.3 is 66.9 Å². The van der Waals surface area contributed by atoms with Crippen molar-refractivity contribution in [3.05, 3.63) is 59.7 Å². The van der Waals surface area contributed by atoms with E-state index in [0.717, 1.165) is 5.56 Å². The van der Waals surface area contributed by atoms with Crippen LogP contribution in [0, 0.1) is 0 Å². The van der Waals surface area contributed by atoms with Gasteiger partial charge in [-0.25, -0.2) is 4.79 Å². The van der Waals surface area contributed by atoms with E-state index >= 15 is 0 Å². The van der Waals surface area contributed by atoms with Gasteiger partial charge in [-0.05, 0) is 36.6 Å². The summed E-state index contributed by atoms with van der Waals surface area (Å²) in [5, 5.41) is 11.4. The predicted octanol–water partition coefficient (Wildman–Crippen LogP) is 1.18. The monoisotopic (exact) mass is 881 g/mol. The van der Waals surface area contributed by atoms with E-state index in [4.69, 9.17) is 61.6 Å². The summed E-state index contributed by atoms with van der Waals surface area (Å²) in [6.45, 7) is 11.8. The molecule has 21 heteroatoms. The lowest BCUT2D eigenvalue weighted by Crippen LogP contribution is -2.36. The summed E-state index contributed by atoms with van der Waals surface area (Å²) in [5.41, 5.74) is 8.14. The second-order valence-corrected chi connectivity index (χ2v) is 12.8. The Hall–Kier alpha value is -3.97. The fourth-order valence-corrected chi connectivity index (χ4v) is 4.99. The number of hydrogen-bond acceptors (Lipinski definition) is 20. The van der Waals surface area contributed by atoms with Gasteiger partial charge in [-0.1, -0.05) is 12.1 Å². The number of amidine groups is 2. The molecular formula is C41H67N7O14. The summed E-state index contributed by atoms with van der Waals surface area (Å²) in [7, 11) is 1.64. The Morgan fingerprint density at radius 1 is 0.500 bits per heavy atom. The Balaban J connectivity index is 0.965. The Labute approximate surface area is 364 Å². The first-order valence-corrected chi connectivity index (χ1v) is 21.1. The van der Waals surface area contributed by atoms with Crippen LogP contribution in [0.2, 0.25) is 0 Å². The molecule has 1 aliphatic heterocycles. The summed E-state index contributed by atoms with van der Waals surface area (Å²) in [4.78, 5) is 20.8. The first-order chi connectivity index (χ1) is 30.8. The molecule has 0 spiro atoms. The van der Waals surface area contributed by atoms with Gasteiger partial charge in [0.2, 0.25) is 0 Å². The summed E-state index contributed by atoms with van der Waals surface area (Å²) >= 11 is 0. The van der Waals surface area contributed by atoms with Gasteiger partial charge in [0, 0.05) is 26.0 Å². The smallest absolute Gasteiger partial charge is 0.407 e. The molecule has 21 nitrogen and oxygen atoms in total.